The number of hydrogen-bond acceptors (Lipinski definition) is 2. The van der Waals surface area contributed by atoms with Gasteiger partial charge in [0.1, 0.15) is 5.54 Å². The fraction of sp³-hybridized carbons (Fsp3) is 0.286. The molecule has 1 aliphatic carbocycles. The number of carbonyl (C=O) groups excluding carboxylic acids is 2. The fourth-order valence-electron chi connectivity index (χ4n) is 2.32. The third-order valence-electron chi connectivity index (χ3n) is 3.10. The minimum atomic E-state index is -1.01. The average Bonchev–Trinajstić information content (AvgIpc) is 2.32. The highest BCUT2D eigenvalue weighted by molar-refractivity contribution is 6.32. The van der Waals surface area contributed by atoms with Crippen LogP contribution in [0.1, 0.15) is 25.3 Å². The van der Waals surface area contributed by atoms with Crippen LogP contribution in [-0.4, -0.2) is 11.7 Å². The van der Waals surface area contributed by atoms with Crippen molar-refractivity contribution in [2.45, 2.75) is 25.3 Å². The smallest absolute Gasteiger partial charge is 0.217 e. The van der Waals surface area contributed by atoms with Crippen LogP contribution in [-0.2, 0) is 15.1 Å². The molecule has 1 unspecified atom stereocenters. The van der Waals surface area contributed by atoms with Crippen LogP contribution in [0.3, 0.4) is 0 Å². The van der Waals surface area contributed by atoms with Crippen LogP contribution in [0.15, 0.2) is 36.4 Å². The van der Waals surface area contributed by atoms with Crippen LogP contribution in [0.25, 0.3) is 0 Å². The molecule has 1 aliphatic rings. The number of ketones is 1. The first-order valence-corrected chi connectivity index (χ1v) is 6.19. The summed E-state index contributed by atoms with van der Waals surface area (Å²) < 4.78 is 0. The fourth-order valence-corrected chi connectivity index (χ4v) is 2.62. The molecule has 0 saturated heterocycles. The highest BCUT2D eigenvalue weighted by atomic mass is 35.5. The zero-order chi connectivity index (χ0) is 13.2. The van der Waals surface area contributed by atoms with E-state index in [-0.39, 0.29) is 11.7 Å². The topological polar surface area (TPSA) is 46.2 Å². The van der Waals surface area contributed by atoms with Crippen molar-refractivity contribution in [3.8, 4) is 0 Å². The molecule has 0 saturated carbocycles. The van der Waals surface area contributed by atoms with E-state index in [0.29, 0.717) is 17.0 Å². The van der Waals surface area contributed by atoms with Gasteiger partial charge in [-0.05, 0) is 25.0 Å². The summed E-state index contributed by atoms with van der Waals surface area (Å²) in [4.78, 5) is 23.7. The van der Waals surface area contributed by atoms with Gasteiger partial charge in [0.2, 0.25) is 5.91 Å². The van der Waals surface area contributed by atoms with E-state index in [1.54, 1.807) is 18.2 Å². The van der Waals surface area contributed by atoms with Crippen LogP contribution < -0.4 is 5.32 Å². The molecule has 94 valence electrons. The normalized spacial score (nSPS) is 22.9. The lowest BCUT2D eigenvalue weighted by Crippen LogP contribution is -2.51. The number of benzene rings is 1. The molecule has 1 aromatic carbocycles. The summed E-state index contributed by atoms with van der Waals surface area (Å²) in [6.45, 7) is 1.41. The van der Waals surface area contributed by atoms with Crippen molar-refractivity contribution in [3.05, 3.63) is 47.0 Å². The first-order valence-electron chi connectivity index (χ1n) is 5.81. The highest BCUT2D eigenvalue weighted by Crippen LogP contribution is 2.35. The van der Waals surface area contributed by atoms with E-state index in [4.69, 9.17) is 11.6 Å². The zero-order valence-electron chi connectivity index (χ0n) is 10.1. The van der Waals surface area contributed by atoms with Gasteiger partial charge < -0.3 is 5.32 Å². The van der Waals surface area contributed by atoms with Crippen LogP contribution in [0.5, 0.6) is 0 Å². The maximum atomic E-state index is 12.2. The lowest BCUT2D eigenvalue weighted by atomic mass is 9.78. The number of carbonyl (C=O) groups is 2. The predicted molar refractivity (Wildman–Crippen MR) is 70.3 cm³/mol. The summed E-state index contributed by atoms with van der Waals surface area (Å²) in [6.07, 6.45) is 4.60. The minimum Gasteiger partial charge on any atom is -0.340 e. The van der Waals surface area contributed by atoms with Crippen molar-refractivity contribution >= 4 is 23.3 Å². The number of nitrogens with one attached hydrogen (secondary N) is 1. The van der Waals surface area contributed by atoms with Gasteiger partial charge in [0, 0.05) is 17.5 Å². The molecule has 0 aliphatic heterocycles. The number of amides is 1. The van der Waals surface area contributed by atoms with Crippen LogP contribution in [0, 0.1) is 0 Å². The van der Waals surface area contributed by atoms with Gasteiger partial charge >= 0.3 is 0 Å². The van der Waals surface area contributed by atoms with E-state index >= 15 is 0 Å². The highest BCUT2D eigenvalue weighted by Gasteiger charge is 2.41. The molecule has 1 amide bonds. The molecular formula is C14H14ClNO2. The summed E-state index contributed by atoms with van der Waals surface area (Å²) >= 11 is 6.17. The molecule has 18 heavy (non-hydrogen) atoms. The number of halogens is 1. The summed E-state index contributed by atoms with van der Waals surface area (Å²) in [5.41, 5.74) is -0.352. The molecule has 0 spiro atoms. The Balaban J connectivity index is 2.55. The second-order valence-corrected chi connectivity index (χ2v) is 4.78. The predicted octanol–water partition coefficient (Wildman–Crippen LogP) is 2.59. The summed E-state index contributed by atoms with van der Waals surface area (Å²) in [5.74, 6) is -0.365. The molecule has 2 rings (SSSR count). The van der Waals surface area contributed by atoms with Gasteiger partial charge in [-0.25, -0.2) is 0 Å². The van der Waals surface area contributed by atoms with E-state index in [9.17, 15) is 9.59 Å². The van der Waals surface area contributed by atoms with Crippen LogP contribution in [0.4, 0.5) is 0 Å². The van der Waals surface area contributed by atoms with Gasteiger partial charge in [0.05, 0.1) is 0 Å². The Labute approximate surface area is 111 Å². The number of rotatable bonds is 2. The molecule has 1 N–H and O–H groups in total. The van der Waals surface area contributed by atoms with Crippen molar-refractivity contribution in [1.82, 2.24) is 5.32 Å². The molecule has 4 heteroatoms. The molecular weight excluding hydrogens is 250 g/mol. The quantitative estimate of drug-likeness (QED) is 0.891. The van der Waals surface area contributed by atoms with E-state index in [2.05, 4.69) is 5.32 Å². The second-order valence-electron chi connectivity index (χ2n) is 4.37. The molecule has 3 nitrogen and oxygen atoms in total. The number of allylic oxidation sites excluding steroid dienone is 1. The lowest BCUT2D eigenvalue weighted by molar-refractivity contribution is -0.129. The van der Waals surface area contributed by atoms with Crippen LogP contribution in [0.2, 0.25) is 5.02 Å². The van der Waals surface area contributed by atoms with E-state index in [0.717, 1.165) is 6.42 Å². The third-order valence-corrected chi connectivity index (χ3v) is 3.43. The monoisotopic (exact) mass is 263 g/mol. The Bertz CT molecular complexity index is 524. The Kier molecular flexibility index (Phi) is 3.53. The summed E-state index contributed by atoms with van der Waals surface area (Å²) in [5, 5.41) is 3.27. The van der Waals surface area contributed by atoms with Gasteiger partial charge in [-0.2, -0.15) is 0 Å². The van der Waals surface area contributed by atoms with Crippen molar-refractivity contribution < 1.29 is 9.59 Å². The largest absolute Gasteiger partial charge is 0.340 e. The molecule has 1 aromatic rings. The van der Waals surface area contributed by atoms with Crippen molar-refractivity contribution in [2.24, 2.45) is 0 Å². The molecule has 0 heterocycles. The molecule has 0 bridgehead atoms. The molecule has 0 aromatic heterocycles. The van der Waals surface area contributed by atoms with E-state index in [1.165, 1.54) is 13.0 Å². The number of hydrogen-bond donors (Lipinski definition) is 1. The van der Waals surface area contributed by atoms with Gasteiger partial charge in [-0.15, -0.1) is 0 Å². The zero-order valence-corrected chi connectivity index (χ0v) is 10.8. The molecule has 1 atom stereocenters. The maximum Gasteiger partial charge on any atom is 0.217 e. The molecule has 0 fully saturated rings. The average molecular weight is 264 g/mol. The standard InChI is InChI=1S/C14H14ClNO2/c1-10(17)16-14(9-5-4-8-13(14)18)11-6-2-3-7-12(11)15/h2-4,6-8H,5,9H2,1H3,(H,16,17). The summed E-state index contributed by atoms with van der Waals surface area (Å²) in [7, 11) is 0. The van der Waals surface area contributed by atoms with Crippen molar-refractivity contribution in [1.29, 1.82) is 0 Å². The van der Waals surface area contributed by atoms with E-state index < -0.39 is 5.54 Å². The maximum absolute atomic E-state index is 12.2. The Hall–Kier alpha value is -1.61. The van der Waals surface area contributed by atoms with Crippen LogP contribution >= 0.6 is 11.6 Å². The van der Waals surface area contributed by atoms with Crippen molar-refractivity contribution in [2.75, 3.05) is 0 Å². The van der Waals surface area contributed by atoms with Gasteiger partial charge in [0.15, 0.2) is 5.78 Å². The van der Waals surface area contributed by atoms with Crippen molar-refractivity contribution in [3.63, 3.8) is 0 Å². The Morgan fingerprint density at radius 2 is 2.11 bits per heavy atom. The first-order chi connectivity index (χ1) is 8.56. The summed E-state index contributed by atoms with van der Waals surface area (Å²) in [6, 6.07) is 7.13. The SMILES string of the molecule is CC(=O)NC1(c2ccccc2Cl)CCC=CC1=O. The third kappa shape index (κ3) is 2.18. The molecule has 0 radical (unpaired) electrons. The second kappa shape index (κ2) is 4.94. The minimum absolute atomic E-state index is 0.128. The Morgan fingerprint density at radius 1 is 1.39 bits per heavy atom. The first kappa shape index (κ1) is 12.8. The lowest BCUT2D eigenvalue weighted by Gasteiger charge is -2.35. The van der Waals surface area contributed by atoms with Gasteiger partial charge in [0.25, 0.3) is 0 Å². The van der Waals surface area contributed by atoms with Gasteiger partial charge in [-0.3, -0.25) is 9.59 Å². The van der Waals surface area contributed by atoms with Gasteiger partial charge in [-0.1, -0.05) is 35.9 Å². The van der Waals surface area contributed by atoms with E-state index in [1.807, 2.05) is 12.1 Å². The Morgan fingerprint density at radius 3 is 2.72 bits per heavy atom.